The summed E-state index contributed by atoms with van der Waals surface area (Å²) in [5.74, 6) is -2.99. The Balaban J connectivity index is 1.58. The molecule has 10 heteroatoms. The van der Waals surface area contributed by atoms with Gasteiger partial charge in [-0.05, 0) is 0 Å². The molecule has 0 radical (unpaired) electrons. The highest BCUT2D eigenvalue weighted by Gasteiger charge is 2.62. The fraction of sp³-hybridized carbons (Fsp3) is 0.316. The van der Waals surface area contributed by atoms with Crippen LogP contribution in [-0.2, 0) is 7.05 Å². The van der Waals surface area contributed by atoms with Crippen LogP contribution >= 0.6 is 0 Å². The van der Waals surface area contributed by atoms with E-state index in [0.717, 1.165) is 5.56 Å². The Labute approximate surface area is 164 Å². The van der Waals surface area contributed by atoms with E-state index in [2.05, 4.69) is 20.0 Å². The van der Waals surface area contributed by atoms with Gasteiger partial charge < -0.3 is 4.85 Å². The number of nitrogens with zero attached hydrogens (tertiary/aromatic N) is 8. The number of imidazole rings is 1. The van der Waals surface area contributed by atoms with E-state index in [-0.39, 0.29) is 13.0 Å². The molecule has 0 bridgehead atoms. The summed E-state index contributed by atoms with van der Waals surface area (Å²) < 4.78 is 32.2. The number of aromatic nitrogens is 7. The first-order valence-corrected chi connectivity index (χ1v) is 9.05. The molecular formula is C19H16F2N8. The summed E-state index contributed by atoms with van der Waals surface area (Å²) >= 11 is 0. The van der Waals surface area contributed by atoms with Crippen LogP contribution in [0.2, 0.25) is 0 Å². The van der Waals surface area contributed by atoms with Gasteiger partial charge in [-0.1, -0.05) is 0 Å². The van der Waals surface area contributed by atoms with Gasteiger partial charge in [0.25, 0.3) is 5.92 Å². The summed E-state index contributed by atoms with van der Waals surface area (Å²) in [4.78, 5) is 12.4. The monoisotopic (exact) mass is 394 g/mol. The molecule has 4 heterocycles. The second-order valence-corrected chi connectivity index (χ2v) is 7.21. The molecule has 29 heavy (non-hydrogen) atoms. The first kappa shape index (κ1) is 17.5. The van der Waals surface area contributed by atoms with Crippen molar-refractivity contribution in [3.05, 3.63) is 54.7 Å². The Morgan fingerprint density at radius 1 is 1.28 bits per heavy atom. The largest absolute Gasteiger partial charge is 0.315 e. The lowest BCUT2D eigenvalue weighted by atomic mass is 10.2. The normalized spacial score (nSPS) is 18.6. The molecule has 0 aliphatic heterocycles. The number of hydrogen-bond donors (Lipinski definition) is 0. The zero-order chi connectivity index (χ0) is 20.2. The maximum atomic E-state index is 13.6. The zero-order valence-corrected chi connectivity index (χ0v) is 15.4. The smallest absolute Gasteiger partial charge is 0.254 e. The van der Waals surface area contributed by atoms with Gasteiger partial charge in [-0.15, -0.1) is 0 Å². The van der Waals surface area contributed by atoms with Gasteiger partial charge >= 0.3 is 0 Å². The lowest BCUT2D eigenvalue weighted by Gasteiger charge is -2.11. The molecule has 0 amide bonds. The predicted molar refractivity (Wildman–Crippen MR) is 100.0 cm³/mol. The Morgan fingerprint density at radius 2 is 2.07 bits per heavy atom. The average molecular weight is 394 g/mol. The van der Waals surface area contributed by atoms with Gasteiger partial charge in [-0.25, -0.2) is 25.3 Å². The summed E-state index contributed by atoms with van der Waals surface area (Å²) in [7, 11) is 1.83. The van der Waals surface area contributed by atoms with Crippen molar-refractivity contribution >= 4 is 5.65 Å². The summed E-state index contributed by atoms with van der Waals surface area (Å²) in [6.45, 7) is 7.09. The molecule has 4 aromatic heterocycles. The van der Waals surface area contributed by atoms with Crippen molar-refractivity contribution in [3.8, 4) is 22.6 Å². The van der Waals surface area contributed by atoms with Crippen molar-refractivity contribution in [3.63, 3.8) is 0 Å². The first-order chi connectivity index (χ1) is 14.0. The van der Waals surface area contributed by atoms with Crippen molar-refractivity contribution in [2.75, 3.05) is 6.54 Å². The number of rotatable bonds is 5. The van der Waals surface area contributed by atoms with Gasteiger partial charge in [0.15, 0.2) is 0 Å². The number of fused-ring (bicyclic) bond motifs is 1. The average Bonchev–Trinajstić information content (AvgIpc) is 3.21. The van der Waals surface area contributed by atoms with Crippen LogP contribution in [0.1, 0.15) is 12.5 Å². The minimum atomic E-state index is -2.72. The fourth-order valence-electron chi connectivity index (χ4n) is 3.60. The lowest BCUT2D eigenvalue weighted by molar-refractivity contribution is 0.0861. The molecule has 0 saturated heterocycles. The number of alkyl halides is 2. The maximum absolute atomic E-state index is 13.6. The van der Waals surface area contributed by atoms with E-state index >= 15 is 0 Å². The molecule has 5 rings (SSSR count). The highest BCUT2D eigenvalue weighted by Crippen LogP contribution is 2.54. The summed E-state index contributed by atoms with van der Waals surface area (Å²) in [6, 6.07) is 1.20. The van der Waals surface area contributed by atoms with Crippen LogP contribution in [0, 0.1) is 12.5 Å². The van der Waals surface area contributed by atoms with Crippen LogP contribution < -0.4 is 0 Å². The van der Waals surface area contributed by atoms with E-state index in [1.165, 1.54) is 4.68 Å². The van der Waals surface area contributed by atoms with E-state index in [1.54, 1.807) is 35.7 Å². The van der Waals surface area contributed by atoms with Gasteiger partial charge in [0, 0.05) is 49.9 Å². The second kappa shape index (κ2) is 6.20. The van der Waals surface area contributed by atoms with Crippen LogP contribution in [0.4, 0.5) is 8.78 Å². The minimum Gasteiger partial charge on any atom is -0.315 e. The number of hydrogen-bond acceptors (Lipinski definition) is 4. The third kappa shape index (κ3) is 2.95. The first-order valence-electron chi connectivity index (χ1n) is 9.05. The third-order valence-corrected chi connectivity index (χ3v) is 5.21. The Bertz CT molecular complexity index is 1240. The van der Waals surface area contributed by atoms with Crippen LogP contribution in [0.5, 0.6) is 0 Å². The fourth-order valence-corrected chi connectivity index (χ4v) is 3.60. The van der Waals surface area contributed by atoms with Gasteiger partial charge in [0.05, 0.1) is 29.6 Å². The minimum absolute atomic E-state index is 0.0367. The van der Waals surface area contributed by atoms with Gasteiger partial charge in [-0.2, -0.15) is 10.2 Å². The molecule has 0 aromatic carbocycles. The molecule has 1 saturated carbocycles. The molecule has 146 valence electrons. The van der Waals surface area contributed by atoms with Crippen molar-refractivity contribution in [2.24, 2.45) is 13.0 Å². The Kier molecular flexibility index (Phi) is 3.74. The molecule has 1 fully saturated rings. The van der Waals surface area contributed by atoms with Gasteiger partial charge in [-0.3, -0.25) is 13.8 Å². The van der Waals surface area contributed by atoms with E-state index in [1.807, 2.05) is 23.7 Å². The molecule has 0 unspecified atom stereocenters. The molecule has 4 aromatic rings. The SMILES string of the molecule is [C-]#[N+]C[C@H]([C@@H]1CC1(F)F)n1cc(-c2nc(-c3cnn(C)c3)cc3nccn23)cn1. The van der Waals surface area contributed by atoms with Crippen LogP contribution in [-0.4, -0.2) is 46.4 Å². The molecular weight excluding hydrogens is 378 g/mol. The third-order valence-electron chi connectivity index (χ3n) is 5.21. The quantitative estimate of drug-likeness (QED) is 0.488. The van der Waals surface area contributed by atoms with Crippen LogP contribution in [0.15, 0.2) is 43.2 Å². The van der Waals surface area contributed by atoms with Gasteiger partial charge in [0.1, 0.15) is 17.5 Å². The molecule has 1 aliphatic carbocycles. The summed E-state index contributed by atoms with van der Waals surface area (Å²) in [5.41, 5.74) is 2.91. The van der Waals surface area contributed by atoms with Gasteiger partial charge in [0.2, 0.25) is 6.54 Å². The summed E-state index contributed by atoms with van der Waals surface area (Å²) in [5, 5.41) is 8.47. The van der Waals surface area contributed by atoms with Crippen molar-refractivity contribution in [1.82, 2.24) is 33.9 Å². The Morgan fingerprint density at radius 3 is 2.76 bits per heavy atom. The summed E-state index contributed by atoms with van der Waals surface area (Å²) in [6.07, 6.45) is 10.1. The number of aryl methyl sites for hydroxylation is 1. The number of halogens is 2. The topological polar surface area (TPSA) is 70.2 Å². The van der Waals surface area contributed by atoms with Crippen LogP contribution in [0.25, 0.3) is 33.1 Å². The van der Waals surface area contributed by atoms with Crippen molar-refractivity contribution in [2.45, 2.75) is 18.4 Å². The van der Waals surface area contributed by atoms with Crippen LogP contribution in [0.3, 0.4) is 0 Å². The molecule has 0 spiro atoms. The van der Waals surface area contributed by atoms with E-state index in [0.29, 0.717) is 22.7 Å². The van der Waals surface area contributed by atoms with E-state index in [4.69, 9.17) is 11.6 Å². The highest BCUT2D eigenvalue weighted by molar-refractivity contribution is 5.68. The predicted octanol–water partition coefficient (Wildman–Crippen LogP) is 3.11. The molecule has 2 atom stereocenters. The maximum Gasteiger partial charge on any atom is 0.254 e. The standard InChI is InChI=1S/C19H16F2N8/c1-22-9-16(14-6-19(14,20)21)29-11-13(8-25-29)18-26-15(12-7-24-27(2)10-12)5-17-23-3-4-28(17)18/h3-5,7-8,10-11,14,16H,6,9H2,2H3/t14-,16+/m0/s1. The molecule has 0 N–H and O–H groups in total. The van der Waals surface area contributed by atoms with Crippen molar-refractivity contribution in [1.29, 1.82) is 0 Å². The zero-order valence-electron chi connectivity index (χ0n) is 15.4. The van der Waals surface area contributed by atoms with E-state index < -0.39 is 17.9 Å². The Hall–Kier alpha value is -3.61. The lowest BCUT2D eigenvalue weighted by Crippen LogP contribution is -2.17. The molecule has 1 aliphatic rings. The van der Waals surface area contributed by atoms with Crippen molar-refractivity contribution < 1.29 is 8.78 Å². The highest BCUT2D eigenvalue weighted by atomic mass is 19.3. The molecule has 8 nitrogen and oxygen atoms in total. The van der Waals surface area contributed by atoms with E-state index in [9.17, 15) is 8.78 Å². The second-order valence-electron chi connectivity index (χ2n) is 7.21.